The molecule has 9 heteroatoms. The Morgan fingerprint density at radius 1 is 0.968 bits per heavy atom. The van der Waals surface area contributed by atoms with E-state index in [1.165, 1.54) is 12.1 Å². The van der Waals surface area contributed by atoms with Crippen LogP contribution < -0.4 is 29.6 Å². The summed E-state index contributed by atoms with van der Waals surface area (Å²) in [4.78, 5) is 4.23. The van der Waals surface area contributed by atoms with Gasteiger partial charge < -0.3 is 29.6 Å². The quantitative estimate of drug-likeness (QED) is 0.269. The van der Waals surface area contributed by atoms with Gasteiger partial charge in [0.1, 0.15) is 17.7 Å². The number of halogens is 2. The zero-order chi connectivity index (χ0) is 21.9. The summed E-state index contributed by atoms with van der Waals surface area (Å²) < 4.78 is 35.0. The number of methoxy groups -OCH3 is 3. The van der Waals surface area contributed by atoms with Gasteiger partial charge in [0.25, 0.3) is 0 Å². The minimum Gasteiger partial charge on any atom is -0.493 e. The standard InChI is InChI=1S/C22H30FN3O4.HI/c1-15(30-18-9-7-17(23)8-10-18)14-26-22(24-2)25-13-12-16-6-11-19(27-3)21(29-5)20(16)28-4;/h6-11,15H,12-14H2,1-5H3,(H2,24,25,26);1H. The Hall–Kier alpha value is -2.43. The summed E-state index contributed by atoms with van der Waals surface area (Å²) >= 11 is 0. The fourth-order valence-corrected chi connectivity index (χ4v) is 2.92. The lowest BCUT2D eigenvalue weighted by Gasteiger charge is -2.18. The number of aliphatic imine (C=N–C) groups is 1. The van der Waals surface area contributed by atoms with Crippen molar-refractivity contribution in [2.45, 2.75) is 19.4 Å². The number of rotatable bonds is 10. The van der Waals surface area contributed by atoms with Gasteiger partial charge in [0.15, 0.2) is 17.5 Å². The molecule has 0 amide bonds. The summed E-state index contributed by atoms with van der Waals surface area (Å²) in [6, 6.07) is 9.77. The first-order chi connectivity index (χ1) is 14.5. The molecule has 1 unspecified atom stereocenters. The van der Waals surface area contributed by atoms with Gasteiger partial charge in [-0.1, -0.05) is 6.07 Å². The van der Waals surface area contributed by atoms with E-state index in [4.69, 9.17) is 18.9 Å². The van der Waals surface area contributed by atoms with E-state index in [1.54, 1.807) is 40.5 Å². The van der Waals surface area contributed by atoms with Crippen LogP contribution in [0.4, 0.5) is 4.39 Å². The highest BCUT2D eigenvalue weighted by atomic mass is 127. The summed E-state index contributed by atoms with van der Waals surface area (Å²) in [6.45, 7) is 3.10. The number of nitrogens with one attached hydrogen (secondary N) is 2. The van der Waals surface area contributed by atoms with Crippen LogP contribution in [0, 0.1) is 5.82 Å². The zero-order valence-corrected chi connectivity index (χ0v) is 20.9. The molecular weight excluding hydrogens is 516 g/mol. The third kappa shape index (κ3) is 7.97. The van der Waals surface area contributed by atoms with Crippen LogP contribution in [0.5, 0.6) is 23.0 Å². The molecule has 0 aliphatic carbocycles. The smallest absolute Gasteiger partial charge is 0.203 e. The Labute approximate surface area is 200 Å². The predicted molar refractivity (Wildman–Crippen MR) is 131 cm³/mol. The molecule has 0 saturated heterocycles. The third-order valence-corrected chi connectivity index (χ3v) is 4.40. The lowest BCUT2D eigenvalue weighted by Crippen LogP contribution is -2.42. The van der Waals surface area contributed by atoms with Crippen LogP contribution in [0.15, 0.2) is 41.4 Å². The van der Waals surface area contributed by atoms with Crippen molar-refractivity contribution in [3.8, 4) is 23.0 Å². The van der Waals surface area contributed by atoms with E-state index in [0.717, 1.165) is 5.56 Å². The zero-order valence-electron chi connectivity index (χ0n) is 18.5. The van der Waals surface area contributed by atoms with Crippen molar-refractivity contribution in [1.29, 1.82) is 0 Å². The van der Waals surface area contributed by atoms with Gasteiger partial charge in [0, 0.05) is 19.2 Å². The lowest BCUT2D eigenvalue weighted by molar-refractivity contribution is 0.223. The van der Waals surface area contributed by atoms with Crippen molar-refractivity contribution in [3.05, 3.63) is 47.8 Å². The van der Waals surface area contributed by atoms with Gasteiger partial charge in [-0.05, 0) is 43.7 Å². The summed E-state index contributed by atoms with van der Waals surface area (Å²) in [6.07, 6.45) is 0.575. The molecular formula is C22H31FIN3O4. The highest BCUT2D eigenvalue weighted by Crippen LogP contribution is 2.39. The van der Waals surface area contributed by atoms with E-state index < -0.39 is 0 Å². The second kappa shape index (κ2) is 13.8. The first kappa shape index (κ1) is 26.6. The molecule has 2 N–H and O–H groups in total. The van der Waals surface area contributed by atoms with Crippen LogP contribution in [0.2, 0.25) is 0 Å². The first-order valence-electron chi connectivity index (χ1n) is 9.67. The molecule has 0 fully saturated rings. The summed E-state index contributed by atoms with van der Waals surface area (Å²) in [5.74, 6) is 2.84. The molecule has 0 aromatic heterocycles. The molecule has 2 aromatic rings. The minimum atomic E-state index is -0.288. The second-order valence-electron chi connectivity index (χ2n) is 6.51. The fraction of sp³-hybridized carbons (Fsp3) is 0.409. The molecule has 0 aliphatic rings. The van der Waals surface area contributed by atoms with Crippen LogP contribution in [0.25, 0.3) is 0 Å². The largest absolute Gasteiger partial charge is 0.493 e. The van der Waals surface area contributed by atoms with E-state index in [0.29, 0.717) is 48.5 Å². The van der Waals surface area contributed by atoms with Gasteiger partial charge in [-0.25, -0.2) is 4.39 Å². The fourth-order valence-electron chi connectivity index (χ4n) is 2.92. The van der Waals surface area contributed by atoms with Crippen molar-refractivity contribution < 1.29 is 23.3 Å². The average molecular weight is 547 g/mol. The van der Waals surface area contributed by atoms with Crippen molar-refractivity contribution in [3.63, 3.8) is 0 Å². The van der Waals surface area contributed by atoms with E-state index in [1.807, 2.05) is 19.1 Å². The maximum absolute atomic E-state index is 13.0. The normalized spacial score (nSPS) is 11.7. The molecule has 1 atom stereocenters. The van der Waals surface area contributed by atoms with Crippen molar-refractivity contribution in [2.75, 3.05) is 41.5 Å². The molecule has 0 heterocycles. The molecule has 0 spiro atoms. The summed E-state index contributed by atoms with van der Waals surface area (Å²) in [7, 11) is 6.49. The topological polar surface area (TPSA) is 73.3 Å². The van der Waals surface area contributed by atoms with Crippen LogP contribution in [-0.4, -0.2) is 53.5 Å². The van der Waals surface area contributed by atoms with Crippen LogP contribution in [0.3, 0.4) is 0 Å². The van der Waals surface area contributed by atoms with Crippen molar-refractivity contribution in [1.82, 2.24) is 10.6 Å². The molecule has 2 rings (SSSR count). The maximum atomic E-state index is 13.0. The van der Waals surface area contributed by atoms with Gasteiger partial charge in [-0.2, -0.15) is 0 Å². The molecule has 7 nitrogen and oxygen atoms in total. The summed E-state index contributed by atoms with van der Waals surface area (Å²) in [5.41, 5.74) is 0.992. The lowest BCUT2D eigenvalue weighted by atomic mass is 10.1. The monoisotopic (exact) mass is 547 g/mol. The first-order valence-corrected chi connectivity index (χ1v) is 9.67. The number of guanidine groups is 1. The highest BCUT2D eigenvalue weighted by Gasteiger charge is 2.15. The maximum Gasteiger partial charge on any atom is 0.203 e. The minimum absolute atomic E-state index is 0. The second-order valence-corrected chi connectivity index (χ2v) is 6.51. The van der Waals surface area contributed by atoms with Gasteiger partial charge in [0.2, 0.25) is 5.75 Å². The third-order valence-electron chi connectivity index (χ3n) is 4.40. The Morgan fingerprint density at radius 2 is 1.65 bits per heavy atom. The molecule has 0 bridgehead atoms. The van der Waals surface area contributed by atoms with Gasteiger partial charge in [-0.3, -0.25) is 4.99 Å². The Kier molecular flexibility index (Phi) is 11.8. The van der Waals surface area contributed by atoms with E-state index >= 15 is 0 Å². The van der Waals surface area contributed by atoms with E-state index in [2.05, 4.69) is 15.6 Å². The van der Waals surface area contributed by atoms with Crippen LogP contribution in [-0.2, 0) is 6.42 Å². The molecule has 0 saturated carbocycles. The molecule has 2 aromatic carbocycles. The number of hydrogen-bond acceptors (Lipinski definition) is 5. The summed E-state index contributed by atoms with van der Waals surface area (Å²) in [5, 5.41) is 6.49. The van der Waals surface area contributed by atoms with Crippen LogP contribution in [0.1, 0.15) is 12.5 Å². The number of ether oxygens (including phenoxy) is 4. The van der Waals surface area contributed by atoms with Crippen molar-refractivity contribution >= 4 is 29.9 Å². The SMILES string of the molecule is CN=C(NCCc1ccc(OC)c(OC)c1OC)NCC(C)Oc1ccc(F)cc1.I. The van der Waals surface area contributed by atoms with Gasteiger partial charge >= 0.3 is 0 Å². The van der Waals surface area contributed by atoms with Crippen molar-refractivity contribution in [2.24, 2.45) is 4.99 Å². The van der Waals surface area contributed by atoms with Crippen LogP contribution >= 0.6 is 24.0 Å². The average Bonchev–Trinajstić information content (AvgIpc) is 2.76. The Morgan fingerprint density at radius 3 is 2.23 bits per heavy atom. The number of hydrogen-bond donors (Lipinski definition) is 2. The van der Waals surface area contributed by atoms with E-state index in [9.17, 15) is 4.39 Å². The number of benzene rings is 2. The van der Waals surface area contributed by atoms with E-state index in [-0.39, 0.29) is 35.9 Å². The van der Waals surface area contributed by atoms with Gasteiger partial charge in [-0.15, -0.1) is 24.0 Å². The molecule has 0 radical (unpaired) electrons. The predicted octanol–water partition coefficient (Wildman–Crippen LogP) is 3.64. The Bertz CT molecular complexity index is 834. The Balaban J connectivity index is 0.00000480. The molecule has 0 aliphatic heterocycles. The van der Waals surface area contributed by atoms with Gasteiger partial charge in [0.05, 0.1) is 27.9 Å². The highest BCUT2D eigenvalue weighted by molar-refractivity contribution is 14.0. The molecule has 172 valence electrons. The number of nitrogens with zero attached hydrogens (tertiary/aromatic N) is 1. The molecule has 31 heavy (non-hydrogen) atoms.